The van der Waals surface area contributed by atoms with Crippen LogP contribution in [0.4, 0.5) is 17.3 Å². The molecule has 2 saturated heterocycles. The molecule has 0 saturated carbocycles. The molecular weight excluding hydrogens is 547 g/mol. The van der Waals surface area contributed by atoms with Gasteiger partial charge in [0.15, 0.2) is 5.75 Å². The maximum absolute atomic E-state index is 6.46. The third-order valence-electron chi connectivity index (χ3n) is 7.98. The molecule has 3 aromatic rings. The second-order valence-corrected chi connectivity index (χ2v) is 11.5. The third kappa shape index (κ3) is 6.57. The molecule has 40 heavy (non-hydrogen) atoms. The van der Waals surface area contributed by atoms with Crippen molar-refractivity contribution >= 4 is 40.5 Å². The van der Waals surface area contributed by atoms with Crippen LogP contribution in [0.5, 0.6) is 11.5 Å². The lowest BCUT2D eigenvalue weighted by atomic mass is 10.0. The lowest BCUT2D eigenvalue weighted by molar-refractivity contribution is 0.0982. The number of aryl methyl sites for hydroxylation is 2. The minimum absolute atomic E-state index is 0.180. The van der Waals surface area contributed by atoms with Gasteiger partial charge in [0.25, 0.3) is 0 Å². The molecule has 0 unspecified atom stereocenters. The average Bonchev–Trinajstić information content (AvgIpc) is 2.96. The number of nitrogens with zero attached hydrogens (tertiary/aromatic N) is 5. The molecule has 3 heterocycles. The van der Waals surface area contributed by atoms with E-state index < -0.39 is 0 Å². The number of hydrogen-bond acceptors (Lipinski definition) is 8. The van der Waals surface area contributed by atoms with Crippen molar-refractivity contribution in [3.63, 3.8) is 0 Å². The van der Waals surface area contributed by atoms with Crippen LogP contribution in [0.3, 0.4) is 0 Å². The van der Waals surface area contributed by atoms with Crippen LogP contribution in [-0.4, -0.2) is 79.2 Å². The van der Waals surface area contributed by atoms with Gasteiger partial charge in [0.1, 0.15) is 12.4 Å². The van der Waals surface area contributed by atoms with Gasteiger partial charge < -0.3 is 24.6 Å². The quantitative estimate of drug-likeness (QED) is 0.348. The zero-order valence-corrected chi connectivity index (χ0v) is 25.2. The van der Waals surface area contributed by atoms with Crippen molar-refractivity contribution in [3.8, 4) is 11.5 Å². The smallest absolute Gasteiger partial charge is 0.227 e. The highest BCUT2D eigenvalue weighted by atomic mass is 35.5. The molecule has 8 nitrogen and oxygen atoms in total. The molecule has 0 aliphatic carbocycles. The number of piperidine rings is 1. The fourth-order valence-electron chi connectivity index (χ4n) is 5.57. The molecule has 1 aromatic heterocycles. The van der Waals surface area contributed by atoms with E-state index in [1.807, 2.05) is 13.0 Å². The SMILES string of the molecule is COc1cc(C)c(Cl)c(COc2cnc(Nc3ccc(N4CCC(N5CCN(C)CC5)CC4)c(C)c3)nc2)c1Cl. The maximum Gasteiger partial charge on any atom is 0.227 e. The summed E-state index contributed by atoms with van der Waals surface area (Å²) in [5.74, 6) is 1.58. The lowest BCUT2D eigenvalue weighted by Crippen LogP contribution is -2.52. The Morgan fingerprint density at radius 2 is 1.62 bits per heavy atom. The number of halogens is 2. The van der Waals surface area contributed by atoms with Gasteiger partial charge in [0.05, 0.1) is 29.5 Å². The second-order valence-electron chi connectivity index (χ2n) is 10.7. The lowest BCUT2D eigenvalue weighted by Gasteiger charge is -2.43. The number of nitrogens with one attached hydrogen (secondary N) is 1. The highest BCUT2D eigenvalue weighted by molar-refractivity contribution is 6.37. The summed E-state index contributed by atoms with van der Waals surface area (Å²) in [6.07, 6.45) is 5.72. The van der Waals surface area contributed by atoms with E-state index in [0.717, 1.165) is 24.3 Å². The van der Waals surface area contributed by atoms with Crippen molar-refractivity contribution in [2.45, 2.75) is 39.3 Å². The van der Waals surface area contributed by atoms with Crippen molar-refractivity contribution in [3.05, 3.63) is 63.4 Å². The molecule has 214 valence electrons. The molecule has 0 radical (unpaired) electrons. The Hall–Kier alpha value is -2.78. The molecule has 0 spiro atoms. The number of likely N-dealkylation sites (N-methyl/N-ethyl adjacent to an activating group) is 1. The first-order valence-electron chi connectivity index (χ1n) is 13.8. The van der Waals surface area contributed by atoms with E-state index in [-0.39, 0.29) is 6.61 Å². The summed E-state index contributed by atoms with van der Waals surface area (Å²) in [6, 6.07) is 8.98. The summed E-state index contributed by atoms with van der Waals surface area (Å²) in [5.41, 5.74) is 5.03. The number of aromatic nitrogens is 2. The fourth-order valence-corrected chi connectivity index (χ4v) is 6.10. The summed E-state index contributed by atoms with van der Waals surface area (Å²) in [6.45, 7) is 11.2. The van der Waals surface area contributed by atoms with Crippen LogP contribution in [0, 0.1) is 13.8 Å². The summed E-state index contributed by atoms with van der Waals surface area (Å²) in [7, 11) is 3.79. The number of ether oxygens (including phenoxy) is 2. The van der Waals surface area contributed by atoms with E-state index in [2.05, 4.69) is 62.2 Å². The van der Waals surface area contributed by atoms with E-state index >= 15 is 0 Å². The van der Waals surface area contributed by atoms with Gasteiger partial charge >= 0.3 is 0 Å². The molecule has 2 aromatic carbocycles. The summed E-state index contributed by atoms with van der Waals surface area (Å²) in [5, 5.41) is 4.30. The number of hydrogen-bond donors (Lipinski definition) is 1. The monoisotopic (exact) mass is 584 g/mol. The van der Waals surface area contributed by atoms with Crippen molar-refractivity contribution in [1.82, 2.24) is 19.8 Å². The first kappa shape index (κ1) is 28.7. The van der Waals surface area contributed by atoms with Gasteiger partial charge in [-0.05, 0) is 69.1 Å². The number of benzene rings is 2. The van der Waals surface area contributed by atoms with Crippen LogP contribution in [0.2, 0.25) is 10.0 Å². The summed E-state index contributed by atoms with van der Waals surface area (Å²) < 4.78 is 11.2. The normalized spacial score (nSPS) is 17.2. The molecule has 2 fully saturated rings. The zero-order valence-electron chi connectivity index (χ0n) is 23.7. The molecule has 0 amide bonds. The topological polar surface area (TPSA) is 66.0 Å². The molecule has 1 N–H and O–H groups in total. The number of piperazine rings is 1. The molecule has 5 rings (SSSR count). The van der Waals surface area contributed by atoms with Gasteiger partial charge in [-0.15, -0.1) is 0 Å². The molecule has 10 heteroatoms. The van der Waals surface area contributed by atoms with E-state index in [4.69, 9.17) is 32.7 Å². The Balaban J connectivity index is 1.15. The van der Waals surface area contributed by atoms with Crippen molar-refractivity contribution < 1.29 is 9.47 Å². The standard InChI is InChI=1S/C30H38Cl2N6O2/c1-20-15-22(5-6-26(20)38-9-7-23(8-10-38)37-13-11-36(3)12-14-37)35-30-33-17-24(18-34-30)40-19-25-28(31)21(2)16-27(39-4)29(25)32/h5-6,15-18,23H,7-14,19H2,1-4H3,(H,33,34,35). The molecule has 0 bridgehead atoms. The van der Waals surface area contributed by atoms with Crippen LogP contribution in [0.25, 0.3) is 0 Å². The molecule has 2 aliphatic heterocycles. The predicted octanol–water partition coefficient (Wildman–Crippen LogP) is 5.95. The second kappa shape index (κ2) is 12.8. The minimum Gasteiger partial charge on any atom is -0.495 e. The largest absolute Gasteiger partial charge is 0.495 e. The van der Waals surface area contributed by atoms with Gasteiger partial charge in [0.2, 0.25) is 5.95 Å². The van der Waals surface area contributed by atoms with Crippen molar-refractivity contribution in [1.29, 1.82) is 0 Å². The van der Waals surface area contributed by atoms with Crippen molar-refractivity contribution in [2.75, 3.05) is 63.6 Å². The Morgan fingerprint density at radius 3 is 2.27 bits per heavy atom. The van der Waals surface area contributed by atoms with E-state index in [1.165, 1.54) is 50.3 Å². The molecule has 2 aliphatic rings. The van der Waals surface area contributed by atoms with Gasteiger partial charge in [-0.25, -0.2) is 9.97 Å². The average molecular weight is 586 g/mol. The minimum atomic E-state index is 0.180. The summed E-state index contributed by atoms with van der Waals surface area (Å²) >= 11 is 12.9. The Kier molecular flexibility index (Phi) is 9.20. The number of anilines is 3. The van der Waals surface area contributed by atoms with Gasteiger partial charge in [-0.1, -0.05) is 23.2 Å². The Bertz CT molecular complexity index is 1310. The van der Waals surface area contributed by atoms with Crippen LogP contribution in [-0.2, 0) is 6.61 Å². The Morgan fingerprint density at radius 1 is 0.925 bits per heavy atom. The van der Waals surface area contributed by atoms with Gasteiger partial charge in [-0.3, -0.25) is 4.90 Å². The first-order chi connectivity index (χ1) is 19.3. The van der Waals surface area contributed by atoms with Crippen LogP contribution in [0.15, 0.2) is 36.7 Å². The Labute approximate surface area is 247 Å². The first-order valence-corrected chi connectivity index (χ1v) is 14.6. The third-order valence-corrected chi connectivity index (χ3v) is 8.92. The molecule has 0 atom stereocenters. The van der Waals surface area contributed by atoms with Gasteiger partial charge in [-0.2, -0.15) is 0 Å². The highest BCUT2D eigenvalue weighted by Gasteiger charge is 2.27. The highest BCUT2D eigenvalue weighted by Crippen LogP contribution is 2.36. The number of methoxy groups -OCH3 is 1. The van der Waals surface area contributed by atoms with E-state index in [9.17, 15) is 0 Å². The van der Waals surface area contributed by atoms with Crippen LogP contribution >= 0.6 is 23.2 Å². The number of rotatable bonds is 8. The maximum atomic E-state index is 6.46. The molecular formula is C30H38Cl2N6O2. The van der Waals surface area contributed by atoms with E-state index in [0.29, 0.717) is 39.1 Å². The summed E-state index contributed by atoms with van der Waals surface area (Å²) in [4.78, 5) is 16.5. The zero-order chi connectivity index (χ0) is 28.2. The predicted molar refractivity (Wildman–Crippen MR) is 163 cm³/mol. The fraction of sp³-hybridized carbons (Fsp3) is 0.467. The van der Waals surface area contributed by atoms with Gasteiger partial charge in [0, 0.05) is 62.2 Å². The van der Waals surface area contributed by atoms with Crippen LogP contribution < -0.4 is 19.7 Å². The van der Waals surface area contributed by atoms with E-state index in [1.54, 1.807) is 19.5 Å². The van der Waals surface area contributed by atoms with Crippen molar-refractivity contribution in [2.24, 2.45) is 0 Å². The van der Waals surface area contributed by atoms with Crippen LogP contribution in [0.1, 0.15) is 29.5 Å².